The third-order valence-electron chi connectivity index (χ3n) is 6.01. The van der Waals surface area contributed by atoms with E-state index in [9.17, 15) is 9.18 Å². The van der Waals surface area contributed by atoms with Crippen molar-refractivity contribution in [1.82, 2.24) is 4.90 Å². The number of halogens is 1. The fraction of sp³-hybridized carbons (Fsp3) is 0.500. The molecule has 4 rings (SSSR count). The molecule has 144 valence electrons. The van der Waals surface area contributed by atoms with Crippen LogP contribution in [0.2, 0.25) is 0 Å². The van der Waals surface area contributed by atoms with Gasteiger partial charge in [-0.05, 0) is 63.4 Å². The van der Waals surface area contributed by atoms with Crippen molar-refractivity contribution < 1.29 is 13.6 Å². The Balaban J connectivity index is 1.54. The molecule has 0 bridgehead atoms. The van der Waals surface area contributed by atoms with Crippen LogP contribution in [0.25, 0.3) is 0 Å². The summed E-state index contributed by atoms with van der Waals surface area (Å²) in [6.07, 6.45) is 5.67. The van der Waals surface area contributed by atoms with E-state index in [1.54, 1.807) is 18.4 Å². The number of rotatable bonds is 4. The number of hydrogen-bond acceptors (Lipinski definition) is 3. The first-order valence-electron chi connectivity index (χ1n) is 9.82. The summed E-state index contributed by atoms with van der Waals surface area (Å²) in [4.78, 5) is 17.4. The van der Waals surface area contributed by atoms with Crippen LogP contribution in [-0.2, 0) is 11.2 Å². The summed E-state index contributed by atoms with van der Waals surface area (Å²) in [7, 11) is 0. The van der Waals surface area contributed by atoms with Gasteiger partial charge in [0.1, 0.15) is 11.6 Å². The molecule has 2 aliphatic heterocycles. The molecule has 3 heterocycles. The molecule has 5 heteroatoms. The van der Waals surface area contributed by atoms with Crippen molar-refractivity contribution >= 4 is 11.6 Å². The summed E-state index contributed by atoms with van der Waals surface area (Å²) >= 11 is 0. The number of nitrogens with zero attached hydrogens (tertiary/aromatic N) is 2. The second-order valence-corrected chi connectivity index (χ2v) is 8.31. The first-order valence-corrected chi connectivity index (χ1v) is 9.82. The topological polar surface area (TPSA) is 36.7 Å². The molecule has 0 aliphatic carbocycles. The van der Waals surface area contributed by atoms with E-state index in [1.807, 2.05) is 18.2 Å². The predicted molar refractivity (Wildman–Crippen MR) is 103 cm³/mol. The second-order valence-electron chi connectivity index (χ2n) is 8.31. The largest absolute Gasteiger partial charge is 0.469 e. The van der Waals surface area contributed by atoms with Crippen molar-refractivity contribution in [2.24, 2.45) is 0 Å². The third-order valence-corrected chi connectivity index (χ3v) is 6.01. The molecule has 0 spiro atoms. The van der Waals surface area contributed by atoms with Crippen LogP contribution in [0.5, 0.6) is 0 Å². The molecule has 2 fully saturated rings. The van der Waals surface area contributed by atoms with Gasteiger partial charge in [0.2, 0.25) is 5.91 Å². The smallest absolute Gasteiger partial charge is 0.223 e. The number of anilines is 1. The average Bonchev–Trinajstić information content (AvgIpc) is 3.23. The molecule has 2 aromatic rings. The zero-order valence-electron chi connectivity index (χ0n) is 16.0. The SMILES string of the molecule is CC1(C)C[C@H]2[C@H](CCCN2C(=O)CCc2ccco2)N1c1cccc(F)c1. The molecular formula is C22H27FN2O2. The van der Waals surface area contributed by atoms with Crippen LogP contribution in [0, 0.1) is 5.82 Å². The lowest BCUT2D eigenvalue weighted by molar-refractivity contribution is -0.135. The number of amides is 1. The van der Waals surface area contributed by atoms with Crippen molar-refractivity contribution in [2.75, 3.05) is 11.4 Å². The molecule has 1 aromatic carbocycles. The number of likely N-dealkylation sites (tertiary alicyclic amines) is 1. The molecule has 2 atom stereocenters. The Labute approximate surface area is 159 Å². The van der Waals surface area contributed by atoms with Crippen LogP contribution < -0.4 is 4.90 Å². The van der Waals surface area contributed by atoms with Crippen molar-refractivity contribution in [3.63, 3.8) is 0 Å². The maximum absolute atomic E-state index is 13.8. The minimum Gasteiger partial charge on any atom is -0.469 e. The first-order chi connectivity index (χ1) is 13.0. The quantitative estimate of drug-likeness (QED) is 0.800. The molecular weight excluding hydrogens is 343 g/mol. The van der Waals surface area contributed by atoms with E-state index in [-0.39, 0.29) is 29.3 Å². The normalized spacial score (nSPS) is 24.1. The highest BCUT2D eigenvalue weighted by Crippen LogP contribution is 2.43. The third kappa shape index (κ3) is 3.47. The van der Waals surface area contributed by atoms with Crippen LogP contribution in [0.3, 0.4) is 0 Å². The predicted octanol–water partition coefficient (Wildman–Crippen LogP) is 4.40. The maximum Gasteiger partial charge on any atom is 0.223 e. The molecule has 0 radical (unpaired) electrons. The van der Waals surface area contributed by atoms with Gasteiger partial charge in [-0.3, -0.25) is 4.79 Å². The molecule has 0 saturated carbocycles. The lowest BCUT2D eigenvalue weighted by Crippen LogP contribution is -2.53. The van der Waals surface area contributed by atoms with E-state index in [0.29, 0.717) is 12.8 Å². The van der Waals surface area contributed by atoms with Gasteiger partial charge in [0, 0.05) is 30.6 Å². The number of carbonyl (C=O) groups excluding carboxylic acids is 1. The molecule has 27 heavy (non-hydrogen) atoms. The molecule has 2 aliphatic rings. The molecule has 1 aromatic heterocycles. The van der Waals surface area contributed by atoms with Gasteiger partial charge in [-0.2, -0.15) is 0 Å². The Kier molecular flexibility index (Phi) is 4.70. The van der Waals surface area contributed by atoms with Crippen LogP contribution in [0.15, 0.2) is 47.1 Å². The highest BCUT2D eigenvalue weighted by Gasteiger charge is 2.50. The van der Waals surface area contributed by atoms with E-state index in [0.717, 1.165) is 37.3 Å². The summed E-state index contributed by atoms with van der Waals surface area (Å²) in [5, 5.41) is 0. The molecule has 0 N–H and O–H groups in total. The Morgan fingerprint density at radius 1 is 1.26 bits per heavy atom. The zero-order chi connectivity index (χ0) is 19.0. The van der Waals surface area contributed by atoms with E-state index >= 15 is 0 Å². The monoisotopic (exact) mass is 370 g/mol. The highest BCUT2D eigenvalue weighted by atomic mass is 19.1. The van der Waals surface area contributed by atoms with Gasteiger partial charge in [0.25, 0.3) is 0 Å². The number of carbonyl (C=O) groups is 1. The Morgan fingerprint density at radius 3 is 2.85 bits per heavy atom. The number of hydrogen-bond donors (Lipinski definition) is 0. The zero-order valence-corrected chi connectivity index (χ0v) is 16.0. The maximum atomic E-state index is 13.8. The van der Waals surface area contributed by atoms with Crippen molar-refractivity contribution in [3.8, 4) is 0 Å². The fourth-order valence-corrected chi connectivity index (χ4v) is 4.95. The van der Waals surface area contributed by atoms with Crippen molar-refractivity contribution in [1.29, 1.82) is 0 Å². The Morgan fingerprint density at radius 2 is 2.11 bits per heavy atom. The standard InChI is InChI=1S/C22H27FN2O2/c1-22(2)15-20-19(25(22)17-7-3-6-16(23)14-17)9-4-12-24(20)21(26)11-10-18-8-5-13-27-18/h3,5-8,13-14,19-20H,4,9-12,15H2,1-2H3/t19-,20-/m0/s1. The number of benzene rings is 1. The summed E-state index contributed by atoms with van der Waals surface area (Å²) in [6.45, 7) is 5.20. The van der Waals surface area contributed by atoms with Gasteiger partial charge in [-0.25, -0.2) is 4.39 Å². The Hall–Kier alpha value is -2.30. The van der Waals surface area contributed by atoms with Crippen LogP contribution >= 0.6 is 0 Å². The number of fused-ring (bicyclic) bond motifs is 1. The summed E-state index contributed by atoms with van der Waals surface area (Å²) in [6, 6.07) is 11.0. The van der Waals surface area contributed by atoms with E-state index in [1.165, 1.54) is 6.07 Å². The number of furan rings is 1. The van der Waals surface area contributed by atoms with Gasteiger partial charge in [-0.15, -0.1) is 0 Å². The fourth-order valence-electron chi connectivity index (χ4n) is 4.95. The first kappa shape index (κ1) is 18.1. The average molecular weight is 370 g/mol. The van der Waals surface area contributed by atoms with Crippen LogP contribution in [0.1, 0.15) is 45.3 Å². The van der Waals surface area contributed by atoms with Gasteiger partial charge < -0.3 is 14.2 Å². The lowest BCUT2D eigenvalue weighted by Gasteiger charge is -2.42. The second kappa shape index (κ2) is 7.02. The van der Waals surface area contributed by atoms with Gasteiger partial charge >= 0.3 is 0 Å². The summed E-state index contributed by atoms with van der Waals surface area (Å²) < 4.78 is 19.2. The van der Waals surface area contributed by atoms with Crippen LogP contribution in [0.4, 0.5) is 10.1 Å². The molecule has 4 nitrogen and oxygen atoms in total. The molecule has 1 amide bonds. The summed E-state index contributed by atoms with van der Waals surface area (Å²) in [5.74, 6) is 0.831. The highest BCUT2D eigenvalue weighted by molar-refractivity contribution is 5.77. The van der Waals surface area contributed by atoms with Crippen molar-refractivity contribution in [3.05, 3.63) is 54.2 Å². The van der Waals surface area contributed by atoms with E-state index < -0.39 is 0 Å². The Bertz CT molecular complexity index is 802. The lowest BCUT2D eigenvalue weighted by atomic mass is 9.93. The molecule has 0 unspecified atom stereocenters. The van der Waals surface area contributed by atoms with Crippen molar-refractivity contribution in [2.45, 2.75) is 63.6 Å². The van der Waals surface area contributed by atoms with E-state index in [2.05, 4.69) is 23.6 Å². The van der Waals surface area contributed by atoms with Gasteiger partial charge in [0.05, 0.1) is 18.3 Å². The minimum absolute atomic E-state index is 0.118. The van der Waals surface area contributed by atoms with E-state index in [4.69, 9.17) is 4.42 Å². The van der Waals surface area contributed by atoms with Gasteiger partial charge in [-0.1, -0.05) is 6.07 Å². The van der Waals surface area contributed by atoms with Crippen LogP contribution in [-0.4, -0.2) is 35.0 Å². The summed E-state index contributed by atoms with van der Waals surface area (Å²) in [5.41, 5.74) is 0.796. The minimum atomic E-state index is -0.214. The number of piperidine rings is 1. The van der Waals surface area contributed by atoms with Gasteiger partial charge in [0.15, 0.2) is 0 Å². The molecule has 2 saturated heterocycles. The number of aryl methyl sites for hydroxylation is 1.